The molecule has 6 aliphatic rings. The number of benzene rings is 4. The number of rotatable bonds is 11. The maximum atomic E-state index is 14.0. The van der Waals surface area contributed by atoms with E-state index in [0.29, 0.717) is 23.7 Å². The molecule has 4 N–H and O–H groups in total. The van der Waals surface area contributed by atoms with Crippen LogP contribution in [0.3, 0.4) is 0 Å². The van der Waals surface area contributed by atoms with E-state index in [1.165, 1.54) is 14.2 Å². The van der Waals surface area contributed by atoms with Gasteiger partial charge in [-0.05, 0) is 104 Å². The molecule has 2 aromatic heterocycles. The quantitative estimate of drug-likeness (QED) is 0.100. The van der Waals surface area contributed by atoms with Crippen LogP contribution in [-0.4, -0.2) is 92.1 Å². The Labute approximate surface area is 383 Å². The predicted octanol–water partition coefficient (Wildman–Crippen LogP) is 8.63. The molecule has 0 radical (unpaired) electrons. The summed E-state index contributed by atoms with van der Waals surface area (Å²) in [6.45, 7) is 12.2. The van der Waals surface area contributed by atoms with Gasteiger partial charge >= 0.3 is 12.2 Å². The molecule has 4 amide bonds. The van der Waals surface area contributed by atoms with Gasteiger partial charge in [0, 0.05) is 23.2 Å². The van der Waals surface area contributed by atoms with E-state index in [1.54, 1.807) is 0 Å². The minimum Gasteiger partial charge on any atom is -0.453 e. The Morgan fingerprint density at radius 1 is 0.667 bits per heavy atom. The fraction of sp³-hybridized carbons (Fsp3) is 0.423. The number of H-pyrrole nitrogens is 2. The van der Waals surface area contributed by atoms with Crippen molar-refractivity contribution in [2.24, 2.45) is 40.9 Å². The monoisotopic (exact) mass is 888 g/mol. The predicted molar refractivity (Wildman–Crippen MR) is 249 cm³/mol. The topological polar surface area (TPSA) is 175 Å². The molecule has 14 nitrogen and oxygen atoms in total. The Balaban J connectivity index is 0.793. The lowest BCUT2D eigenvalue weighted by Crippen LogP contribution is -2.52. The van der Waals surface area contributed by atoms with Gasteiger partial charge in [-0.1, -0.05) is 90.1 Å². The third-order valence-corrected chi connectivity index (χ3v) is 15.9. The maximum Gasteiger partial charge on any atom is 0.407 e. The van der Waals surface area contributed by atoms with Crippen LogP contribution in [0.5, 0.6) is 0 Å². The molecule has 2 bridgehead atoms. The third kappa shape index (κ3) is 6.49. The highest BCUT2D eigenvalue weighted by Gasteiger charge is 2.94. The molecule has 6 fully saturated rings. The number of aromatic amines is 2. The molecule has 3 aliphatic heterocycles. The lowest BCUT2D eigenvalue weighted by atomic mass is 9.97. The second-order valence-electron chi connectivity index (χ2n) is 20.2. The summed E-state index contributed by atoms with van der Waals surface area (Å²) in [6, 6.07) is 24.5. The number of fused-ring (bicyclic) bond motifs is 4. The summed E-state index contributed by atoms with van der Waals surface area (Å²) in [7, 11) is 2.62. The molecule has 14 heteroatoms. The van der Waals surface area contributed by atoms with Gasteiger partial charge in [0.05, 0.1) is 50.1 Å². The molecule has 11 atom stereocenters. The number of alkyl carbamates (subject to hydrolysis) is 2. The number of carbonyl (C=O) groups excluding carboxylic acids is 4. The molecule has 3 saturated carbocycles. The van der Waals surface area contributed by atoms with E-state index in [4.69, 9.17) is 19.4 Å². The molecule has 3 saturated heterocycles. The molecular formula is C52H56N8O6. The smallest absolute Gasteiger partial charge is 0.407 e. The van der Waals surface area contributed by atoms with Crippen molar-refractivity contribution in [1.82, 2.24) is 40.4 Å². The van der Waals surface area contributed by atoms with Crippen molar-refractivity contribution in [3.05, 3.63) is 96.8 Å². The minimum atomic E-state index is -0.689. The first-order valence-corrected chi connectivity index (χ1v) is 23.2. The zero-order valence-electron chi connectivity index (χ0n) is 38.5. The lowest BCUT2D eigenvalue weighted by molar-refractivity contribution is -0.137. The van der Waals surface area contributed by atoms with E-state index >= 15 is 0 Å². The van der Waals surface area contributed by atoms with E-state index < -0.39 is 24.3 Å². The zero-order chi connectivity index (χ0) is 46.1. The SMILES string of the molecule is COC(=O)N[C@H](C(=O)N1[C@H](c2ncc(-c3ccc4cc(-c5ccc6cc(-c7cnc([C@@H]8C[C@H]9[C@@H](C)[C@H]9N8C(=O)[C@@H](NC(=O)OC)C(C)C)[nH]7)ccc6c5)ccc4c3)[nH]2)C2[C@@H]3[C@H]1[C@]23C)C(C)C. The molecule has 3 aliphatic carbocycles. The number of amides is 4. The number of imidazole rings is 2. The summed E-state index contributed by atoms with van der Waals surface area (Å²) in [4.78, 5) is 73.1. The number of nitrogens with zero attached hydrogens (tertiary/aromatic N) is 4. The van der Waals surface area contributed by atoms with Crippen LogP contribution in [0.25, 0.3) is 55.2 Å². The Morgan fingerprint density at radius 2 is 1.11 bits per heavy atom. The number of hydrogen-bond donors (Lipinski definition) is 4. The van der Waals surface area contributed by atoms with Crippen LogP contribution >= 0.6 is 0 Å². The molecule has 66 heavy (non-hydrogen) atoms. The molecule has 1 unspecified atom stereocenters. The first kappa shape index (κ1) is 42.0. The van der Waals surface area contributed by atoms with Crippen molar-refractivity contribution >= 4 is 45.5 Å². The van der Waals surface area contributed by atoms with Crippen LogP contribution in [0, 0.1) is 40.9 Å². The largest absolute Gasteiger partial charge is 0.453 e. The summed E-state index contributed by atoms with van der Waals surface area (Å²) < 4.78 is 9.68. The molecular weight excluding hydrogens is 833 g/mol. The summed E-state index contributed by atoms with van der Waals surface area (Å²) >= 11 is 0. The Morgan fingerprint density at radius 3 is 1.59 bits per heavy atom. The van der Waals surface area contributed by atoms with Gasteiger partial charge in [-0.2, -0.15) is 0 Å². The standard InChI is InChI=1S/C52H56N8O6/c1-24(2)41(57-50(63)65-7)48(61)59-38(21-35-26(5)43(35)59)46-53-22-36(55-46)33-15-13-29-17-27(9-11-31(29)19-33)28-10-12-32-20-34(16-14-30(32)18-28)37-23-54-47(56-37)44-39-40-45(52(39,40)6)60(44)49(62)42(25(3)4)58-51(64)66-8/h9-20,22-26,35,38-45H,21H2,1-8H3,(H,53,55)(H,54,56)(H,57,63)(H,58,64)/t26-,35+,38+,39?,40-,41+,42+,43-,44+,45+,52-/m1/s1. The molecule has 0 spiro atoms. The normalized spacial score (nSPS) is 27.4. The Bertz CT molecular complexity index is 2980. The van der Waals surface area contributed by atoms with Crippen LogP contribution in [0.15, 0.2) is 85.2 Å². The van der Waals surface area contributed by atoms with E-state index in [2.05, 4.69) is 107 Å². The minimum absolute atomic E-state index is 0.0827. The average Bonchev–Trinajstić information content (AvgIpc) is 3.86. The summed E-state index contributed by atoms with van der Waals surface area (Å²) in [5, 5.41) is 10.00. The van der Waals surface area contributed by atoms with Gasteiger partial charge in [0.1, 0.15) is 23.7 Å². The van der Waals surface area contributed by atoms with E-state index in [1.807, 2.05) is 49.9 Å². The summed E-state index contributed by atoms with van der Waals surface area (Å²) in [5.41, 5.74) is 6.17. The highest BCUT2D eigenvalue weighted by molar-refractivity contribution is 5.94. The van der Waals surface area contributed by atoms with E-state index in [-0.39, 0.29) is 53.2 Å². The molecule has 4 aromatic carbocycles. The Hall–Kier alpha value is -6.70. The highest BCUT2D eigenvalue weighted by Crippen LogP contribution is 2.90. The van der Waals surface area contributed by atoms with Gasteiger partial charge in [0.2, 0.25) is 11.8 Å². The van der Waals surface area contributed by atoms with Crippen LogP contribution in [0.2, 0.25) is 0 Å². The maximum absolute atomic E-state index is 14.0. The van der Waals surface area contributed by atoms with Crippen molar-refractivity contribution in [3.63, 3.8) is 0 Å². The number of ether oxygens (including phenoxy) is 2. The Kier molecular flexibility index (Phi) is 9.65. The van der Waals surface area contributed by atoms with Crippen LogP contribution in [-0.2, 0) is 19.1 Å². The van der Waals surface area contributed by atoms with Gasteiger partial charge in [-0.3, -0.25) is 9.59 Å². The number of methoxy groups -OCH3 is 2. The van der Waals surface area contributed by atoms with E-state index in [9.17, 15) is 19.2 Å². The number of nitrogens with one attached hydrogen (secondary N) is 4. The second kappa shape index (κ2) is 15.2. The first-order valence-electron chi connectivity index (χ1n) is 23.2. The molecule has 5 heterocycles. The lowest BCUT2D eigenvalue weighted by Gasteiger charge is -2.32. The number of carbonyl (C=O) groups is 4. The van der Waals surface area contributed by atoms with Crippen LogP contribution < -0.4 is 10.6 Å². The van der Waals surface area contributed by atoms with Crippen molar-refractivity contribution in [3.8, 4) is 33.6 Å². The summed E-state index contributed by atoms with van der Waals surface area (Å²) in [5.74, 6) is 2.82. The van der Waals surface area contributed by atoms with Crippen LogP contribution in [0.1, 0.15) is 71.7 Å². The van der Waals surface area contributed by atoms with Gasteiger partial charge in [-0.15, -0.1) is 0 Å². The van der Waals surface area contributed by atoms with Gasteiger partial charge < -0.3 is 39.9 Å². The molecule has 12 rings (SSSR count). The fourth-order valence-corrected chi connectivity index (χ4v) is 12.0. The fourth-order valence-electron chi connectivity index (χ4n) is 12.0. The number of piperidine rings is 2. The number of likely N-dealkylation sites (tertiary alicyclic amines) is 1. The summed E-state index contributed by atoms with van der Waals surface area (Å²) in [6.07, 6.45) is 3.33. The zero-order valence-corrected chi connectivity index (χ0v) is 38.5. The van der Waals surface area contributed by atoms with Gasteiger partial charge in [-0.25, -0.2) is 19.6 Å². The van der Waals surface area contributed by atoms with Crippen molar-refractivity contribution < 1.29 is 28.7 Å². The van der Waals surface area contributed by atoms with Gasteiger partial charge in [0.25, 0.3) is 0 Å². The number of aromatic nitrogens is 4. The van der Waals surface area contributed by atoms with Crippen molar-refractivity contribution in [1.29, 1.82) is 0 Å². The van der Waals surface area contributed by atoms with Crippen LogP contribution in [0.4, 0.5) is 9.59 Å². The average molecular weight is 889 g/mol. The van der Waals surface area contributed by atoms with E-state index in [0.717, 1.165) is 73.3 Å². The van der Waals surface area contributed by atoms with Crippen molar-refractivity contribution in [2.75, 3.05) is 14.2 Å². The molecule has 340 valence electrons. The molecule has 6 aromatic rings. The highest BCUT2D eigenvalue weighted by atomic mass is 16.5. The first-order chi connectivity index (χ1) is 31.7. The number of hydrogen-bond acceptors (Lipinski definition) is 8. The second-order valence-corrected chi connectivity index (χ2v) is 20.2. The van der Waals surface area contributed by atoms with Gasteiger partial charge in [0.15, 0.2) is 0 Å². The third-order valence-electron chi connectivity index (χ3n) is 15.9. The van der Waals surface area contributed by atoms with Crippen molar-refractivity contribution in [2.45, 2.75) is 84.2 Å².